The Morgan fingerprint density at radius 1 is 0.935 bits per heavy atom. The minimum absolute atomic E-state index is 0.0720. The molecule has 0 aliphatic heterocycles. The molecule has 2 aromatic heterocycles. The minimum atomic E-state index is -4.40. The summed E-state index contributed by atoms with van der Waals surface area (Å²) in [6.45, 7) is 0.0752. The van der Waals surface area contributed by atoms with E-state index in [1.807, 2.05) is 0 Å². The average molecular weight is 445 g/mol. The van der Waals surface area contributed by atoms with Crippen molar-refractivity contribution < 1.29 is 26.8 Å². The topological polar surface area (TPSA) is 33.5 Å². The molecular weight excluding hydrogens is 430 g/mol. The van der Waals surface area contributed by atoms with Gasteiger partial charge in [0.25, 0.3) is 5.91 Å². The highest BCUT2D eigenvalue weighted by atomic mass is 32.1. The van der Waals surface area contributed by atoms with Crippen molar-refractivity contribution >= 4 is 22.9 Å². The number of hydrogen-bond donors (Lipinski definition) is 0. The van der Waals surface area contributed by atoms with Crippen LogP contribution in [0.4, 0.5) is 23.2 Å². The van der Waals surface area contributed by atoms with Crippen LogP contribution in [0.2, 0.25) is 0 Å². The van der Waals surface area contributed by atoms with Gasteiger partial charge in [0, 0.05) is 9.75 Å². The summed E-state index contributed by atoms with van der Waals surface area (Å²) in [5.41, 5.74) is 0.00948. The molecule has 0 aliphatic rings. The SMILES string of the molecule is O=C(c1ccco1)N(Cc1ccc(-c2ccc(C(F)(F)F)cc2)s1)c1ccccc1F. The van der Waals surface area contributed by atoms with Gasteiger partial charge in [-0.1, -0.05) is 24.3 Å². The number of para-hydroxylation sites is 1. The van der Waals surface area contributed by atoms with Crippen LogP contribution in [0, 0.1) is 5.82 Å². The molecule has 0 bridgehead atoms. The van der Waals surface area contributed by atoms with Gasteiger partial charge in [-0.05, 0) is 54.1 Å². The fourth-order valence-corrected chi connectivity index (χ4v) is 4.07. The molecule has 4 rings (SSSR count). The van der Waals surface area contributed by atoms with Crippen LogP contribution in [-0.2, 0) is 12.7 Å². The largest absolute Gasteiger partial charge is 0.459 e. The lowest BCUT2D eigenvalue weighted by molar-refractivity contribution is -0.137. The van der Waals surface area contributed by atoms with Crippen LogP contribution in [0.5, 0.6) is 0 Å². The van der Waals surface area contributed by atoms with E-state index in [-0.39, 0.29) is 18.0 Å². The van der Waals surface area contributed by atoms with E-state index < -0.39 is 23.5 Å². The fourth-order valence-electron chi connectivity index (χ4n) is 3.07. The number of benzene rings is 2. The second-order valence-corrected chi connectivity index (χ2v) is 7.83. The summed E-state index contributed by atoms with van der Waals surface area (Å²) < 4.78 is 58.0. The van der Waals surface area contributed by atoms with Gasteiger partial charge in [-0.15, -0.1) is 11.3 Å². The van der Waals surface area contributed by atoms with E-state index in [0.717, 1.165) is 21.9 Å². The standard InChI is InChI=1S/C23H15F4NO2S/c24-18-4-1-2-5-19(18)28(22(29)20-6-3-13-30-20)14-17-11-12-21(31-17)15-7-9-16(10-8-15)23(25,26)27/h1-13H,14H2. The molecule has 0 atom stereocenters. The molecule has 31 heavy (non-hydrogen) atoms. The number of amides is 1. The van der Waals surface area contributed by atoms with Crippen molar-refractivity contribution in [2.75, 3.05) is 4.90 Å². The van der Waals surface area contributed by atoms with Crippen LogP contribution in [-0.4, -0.2) is 5.91 Å². The zero-order chi connectivity index (χ0) is 22.0. The van der Waals surface area contributed by atoms with Crippen molar-refractivity contribution in [3.05, 3.63) is 101 Å². The molecule has 0 saturated carbocycles. The number of carbonyl (C=O) groups is 1. The predicted octanol–water partition coefficient (Wildman–Crippen LogP) is 7.01. The van der Waals surface area contributed by atoms with Gasteiger partial charge in [-0.3, -0.25) is 9.69 Å². The summed E-state index contributed by atoms with van der Waals surface area (Å²) >= 11 is 1.31. The van der Waals surface area contributed by atoms with E-state index in [1.54, 1.807) is 24.3 Å². The molecule has 0 unspecified atom stereocenters. The minimum Gasteiger partial charge on any atom is -0.459 e. The molecule has 0 spiro atoms. The van der Waals surface area contributed by atoms with E-state index in [0.29, 0.717) is 5.56 Å². The lowest BCUT2D eigenvalue weighted by atomic mass is 10.1. The van der Waals surface area contributed by atoms with Crippen molar-refractivity contribution in [2.45, 2.75) is 12.7 Å². The van der Waals surface area contributed by atoms with Crippen molar-refractivity contribution in [2.24, 2.45) is 0 Å². The van der Waals surface area contributed by atoms with Crippen molar-refractivity contribution in [3.63, 3.8) is 0 Å². The van der Waals surface area contributed by atoms with Crippen LogP contribution in [0.3, 0.4) is 0 Å². The number of hydrogen-bond acceptors (Lipinski definition) is 3. The lowest BCUT2D eigenvalue weighted by Gasteiger charge is -2.21. The normalized spacial score (nSPS) is 11.5. The smallest absolute Gasteiger partial charge is 0.416 e. The van der Waals surface area contributed by atoms with Gasteiger partial charge >= 0.3 is 6.18 Å². The monoisotopic (exact) mass is 445 g/mol. The Labute approximate surface area is 179 Å². The Bertz CT molecular complexity index is 1180. The second-order valence-electron chi connectivity index (χ2n) is 6.66. The summed E-state index contributed by atoms with van der Waals surface area (Å²) in [7, 11) is 0. The summed E-state index contributed by atoms with van der Waals surface area (Å²) in [6, 6.07) is 17.4. The molecule has 158 valence electrons. The highest BCUT2D eigenvalue weighted by Crippen LogP contribution is 2.34. The quantitative estimate of drug-likeness (QED) is 0.310. The molecule has 8 heteroatoms. The fraction of sp³-hybridized carbons (Fsp3) is 0.0870. The van der Waals surface area contributed by atoms with Crippen LogP contribution < -0.4 is 4.90 Å². The third kappa shape index (κ3) is 4.54. The molecule has 0 saturated heterocycles. The van der Waals surface area contributed by atoms with Crippen molar-refractivity contribution in [1.82, 2.24) is 0 Å². The number of rotatable bonds is 5. The first-order valence-electron chi connectivity index (χ1n) is 9.19. The number of anilines is 1. The number of alkyl halides is 3. The van der Waals surface area contributed by atoms with Gasteiger partial charge < -0.3 is 4.42 Å². The molecule has 0 N–H and O–H groups in total. The van der Waals surface area contributed by atoms with Gasteiger partial charge in [0.15, 0.2) is 5.76 Å². The maximum atomic E-state index is 14.4. The Balaban J connectivity index is 1.62. The van der Waals surface area contributed by atoms with Crippen molar-refractivity contribution in [3.8, 4) is 10.4 Å². The van der Waals surface area contributed by atoms with E-state index in [1.165, 1.54) is 58.9 Å². The number of nitrogens with zero attached hydrogens (tertiary/aromatic N) is 1. The van der Waals surface area contributed by atoms with E-state index in [2.05, 4.69) is 0 Å². The van der Waals surface area contributed by atoms with Gasteiger partial charge in [0.05, 0.1) is 24.1 Å². The molecule has 2 heterocycles. The first-order chi connectivity index (χ1) is 14.8. The second kappa shape index (κ2) is 8.39. The first kappa shape index (κ1) is 20.9. The first-order valence-corrected chi connectivity index (χ1v) is 10.0. The Kier molecular flexibility index (Phi) is 5.65. The summed E-state index contributed by atoms with van der Waals surface area (Å²) in [6.07, 6.45) is -3.04. The van der Waals surface area contributed by atoms with E-state index >= 15 is 0 Å². The zero-order valence-electron chi connectivity index (χ0n) is 15.9. The number of thiophene rings is 1. The number of halogens is 4. The molecule has 0 fully saturated rings. The predicted molar refractivity (Wildman–Crippen MR) is 110 cm³/mol. The van der Waals surface area contributed by atoms with E-state index in [4.69, 9.17) is 4.42 Å². The third-order valence-corrected chi connectivity index (χ3v) is 5.71. The molecule has 3 nitrogen and oxygen atoms in total. The number of carbonyl (C=O) groups excluding carboxylic acids is 1. The molecular formula is C23H15F4NO2S. The van der Waals surface area contributed by atoms with Gasteiger partial charge in [0.2, 0.25) is 0 Å². The van der Waals surface area contributed by atoms with Gasteiger partial charge in [-0.2, -0.15) is 13.2 Å². The highest BCUT2D eigenvalue weighted by Gasteiger charge is 2.30. The zero-order valence-corrected chi connectivity index (χ0v) is 16.7. The van der Waals surface area contributed by atoms with E-state index in [9.17, 15) is 22.4 Å². The van der Waals surface area contributed by atoms with Gasteiger partial charge in [0.1, 0.15) is 5.82 Å². The third-order valence-electron chi connectivity index (χ3n) is 4.59. The Hall–Kier alpha value is -3.39. The molecule has 1 amide bonds. The van der Waals surface area contributed by atoms with Crippen LogP contribution in [0.1, 0.15) is 21.0 Å². The van der Waals surface area contributed by atoms with Crippen LogP contribution in [0.25, 0.3) is 10.4 Å². The molecule has 0 radical (unpaired) electrons. The van der Waals surface area contributed by atoms with Crippen LogP contribution in [0.15, 0.2) is 83.5 Å². The Morgan fingerprint density at radius 3 is 2.32 bits per heavy atom. The average Bonchev–Trinajstić information content (AvgIpc) is 3.44. The number of furan rings is 1. The Morgan fingerprint density at radius 2 is 1.68 bits per heavy atom. The maximum Gasteiger partial charge on any atom is 0.416 e. The molecule has 2 aromatic carbocycles. The maximum absolute atomic E-state index is 14.4. The summed E-state index contributed by atoms with van der Waals surface area (Å²) in [5, 5.41) is 0. The van der Waals surface area contributed by atoms with Crippen LogP contribution >= 0.6 is 11.3 Å². The lowest BCUT2D eigenvalue weighted by Crippen LogP contribution is -2.30. The highest BCUT2D eigenvalue weighted by molar-refractivity contribution is 7.15. The summed E-state index contributed by atoms with van der Waals surface area (Å²) in [4.78, 5) is 15.7. The summed E-state index contributed by atoms with van der Waals surface area (Å²) in [5.74, 6) is -0.982. The van der Waals surface area contributed by atoms with Gasteiger partial charge in [-0.25, -0.2) is 4.39 Å². The molecule has 0 aliphatic carbocycles. The van der Waals surface area contributed by atoms with Crippen molar-refractivity contribution in [1.29, 1.82) is 0 Å². The molecule has 4 aromatic rings.